The van der Waals surface area contributed by atoms with Crippen molar-refractivity contribution in [3.8, 4) is 6.07 Å². The summed E-state index contributed by atoms with van der Waals surface area (Å²) in [5.74, 6) is -0.0738. The van der Waals surface area contributed by atoms with Crippen molar-refractivity contribution in [1.82, 2.24) is 4.90 Å². The van der Waals surface area contributed by atoms with E-state index < -0.39 is 0 Å². The molecule has 0 spiro atoms. The number of anilines is 1. The first kappa shape index (κ1) is 17.8. The van der Waals surface area contributed by atoms with Crippen LogP contribution in [0, 0.1) is 11.3 Å². The number of halogens is 2. The molecule has 3 rings (SSSR count). The molecule has 6 heteroatoms. The number of carbonyl (C=O) groups is 1. The maximum absolute atomic E-state index is 12.7. The van der Waals surface area contributed by atoms with Gasteiger partial charge in [0.05, 0.1) is 28.4 Å². The van der Waals surface area contributed by atoms with E-state index in [1.165, 1.54) is 0 Å². The van der Waals surface area contributed by atoms with Crippen molar-refractivity contribution in [2.45, 2.75) is 25.4 Å². The van der Waals surface area contributed by atoms with Gasteiger partial charge in [0.25, 0.3) is 0 Å². The standard InChI is InChI=1S/C19H17Cl2N3O/c20-15-7-8-16(21)17(10-15)23-19(25)18-2-1-9-24(18)12-14-5-3-13(11-22)4-6-14/h3-8,10,18H,1-2,9,12H2,(H,23,25)/t18-/m0/s1. The lowest BCUT2D eigenvalue weighted by molar-refractivity contribution is -0.120. The van der Waals surface area contributed by atoms with Crippen LogP contribution in [0.25, 0.3) is 0 Å². The Kier molecular flexibility index (Phi) is 5.60. The normalized spacial score (nSPS) is 17.2. The van der Waals surface area contributed by atoms with Crippen LogP contribution in [0.3, 0.4) is 0 Å². The van der Waals surface area contributed by atoms with Gasteiger partial charge in [-0.1, -0.05) is 35.3 Å². The van der Waals surface area contributed by atoms with Crippen LogP contribution >= 0.6 is 23.2 Å². The number of rotatable bonds is 4. The topological polar surface area (TPSA) is 56.1 Å². The van der Waals surface area contributed by atoms with Crippen LogP contribution in [-0.2, 0) is 11.3 Å². The van der Waals surface area contributed by atoms with Crippen molar-refractivity contribution in [2.24, 2.45) is 0 Å². The predicted octanol–water partition coefficient (Wildman–Crippen LogP) is 4.47. The van der Waals surface area contributed by atoms with Gasteiger partial charge >= 0.3 is 0 Å². The summed E-state index contributed by atoms with van der Waals surface area (Å²) in [6.45, 7) is 1.54. The number of hydrogen-bond donors (Lipinski definition) is 1. The first-order chi connectivity index (χ1) is 12.1. The Morgan fingerprint density at radius 3 is 2.72 bits per heavy atom. The average molecular weight is 374 g/mol. The van der Waals surface area contributed by atoms with Crippen LogP contribution < -0.4 is 5.32 Å². The Labute approximate surface area is 157 Å². The minimum Gasteiger partial charge on any atom is -0.323 e. The lowest BCUT2D eigenvalue weighted by Crippen LogP contribution is -2.39. The molecule has 2 aromatic rings. The molecule has 0 aliphatic carbocycles. The molecule has 128 valence electrons. The highest BCUT2D eigenvalue weighted by Crippen LogP contribution is 2.27. The third kappa shape index (κ3) is 4.32. The Bertz CT molecular complexity index is 814. The Morgan fingerprint density at radius 2 is 2.00 bits per heavy atom. The fourth-order valence-corrected chi connectivity index (χ4v) is 3.38. The molecule has 1 saturated heterocycles. The van der Waals surface area contributed by atoms with E-state index in [0.29, 0.717) is 27.8 Å². The van der Waals surface area contributed by atoms with Gasteiger partial charge < -0.3 is 5.32 Å². The summed E-state index contributed by atoms with van der Waals surface area (Å²) in [5, 5.41) is 12.8. The molecule has 0 aromatic heterocycles. The van der Waals surface area contributed by atoms with Crippen LogP contribution in [0.15, 0.2) is 42.5 Å². The van der Waals surface area contributed by atoms with Crippen LogP contribution in [0.4, 0.5) is 5.69 Å². The minimum atomic E-state index is -0.203. The third-order valence-corrected chi connectivity index (χ3v) is 4.89. The van der Waals surface area contributed by atoms with Crippen LogP contribution in [0.5, 0.6) is 0 Å². The van der Waals surface area contributed by atoms with Gasteiger partial charge in [-0.25, -0.2) is 0 Å². The molecule has 0 unspecified atom stereocenters. The number of carbonyl (C=O) groups excluding carboxylic acids is 1. The van der Waals surface area contributed by atoms with Gasteiger partial charge in [-0.2, -0.15) is 5.26 Å². The van der Waals surface area contributed by atoms with Crippen molar-refractivity contribution >= 4 is 34.8 Å². The lowest BCUT2D eigenvalue weighted by atomic mass is 10.1. The summed E-state index contributed by atoms with van der Waals surface area (Å²) in [6.07, 6.45) is 1.78. The van der Waals surface area contributed by atoms with Gasteiger partial charge in [-0.05, 0) is 55.3 Å². The number of likely N-dealkylation sites (tertiary alicyclic amines) is 1. The van der Waals surface area contributed by atoms with Crippen molar-refractivity contribution in [3.05, 3.63) is 63.6 Å². The minimum absolute atomic E-state index is 0.0738. The molecule has 0 saturated carbocycles. The van der Waals surface area contributed by atoms with Crippen LogP contribution in [-0.4, -0.2) is 23.4 Å². The van der Waals surface area contributed by atoms with Crippen LogP contribution in [0.1, 0.15) is 24.0 Å². The summed E-state index contributed by atoms with van der Waals surface area (Å²) < 4.78 is 0. The SMILES string of the molecule is N#Cc1ccc(CN2CCC[C@H]2C(=O)Nc2cc(Cl)ccc2Cl)cc1. The molecule has 0 bridgehead atoms. The van der Waals surface area contributed by atoms with E-state index in [4.69, 9.17) is 28.5 Å². The molecule has 0 radical (unpaired) electrons. The molecular weight excluding hydrogens is 357 g/mol. The highest BCUT2D eigenvalue weighted by Gasteiger charge is 2.30. The van der Waals surface area contributed by atoms with E-state index in [2.05, 4.69) is 16.3 Å². The van der Waals surface area contributed by atoms with Crippen molar-refractivity contribution in [2.75, 3.05) is 11.9 Å². The largest absolute Gasteiger partial charge is 0.323 e. The number of nitrogens with one attached hydrogen (secondary N) is 1. The van der Waals surface area contributed by atoms with E-state index >= 15 is 0 Å². The highest BCUT2D eigenvalue weighted by molar-refractivity contribution is 6.35. The molecule has 2 aromatic carbocycles. The first-order valence-corrected chi connectivity index (χ1v) is 8.81. The number of amides is 1. The smallest absolute Gasteiger partial charge is 0.241 e. The van der Waals surface area contributed by atoms with E-state index in [1.54, 1.807) is 30.3 Å². The monoisotopic (exact) mass is 373 g/mol. The highest BCUT2D eigenvalue weighted by atomic mass is 35.5. The summed E-state index contributed by atoms with van der Waals surface area (Å²) in [7, 11) is 0. The number of benzene rings is 2. The maximum atomic E-state index is 12.7. The van der Waals surface area contributed by atoms with Crippen molar-refractivity contribution in [3.63, 3.8) is 0 Å². The molecular formula is C19H17Cl2N3O. The number of hydrogen-bond acceptors (Lipinski definition) is 3. The zero-order chi connectivity index (χ0) is 17.8. The molecule has 1 heterocycles. The average Bonchev–Trinajstić information content (AvgIpc) is 3.07. The fraction of sp³-hybridized carbons (Fsp3) is 0.263. The zero-order valence-electron chi connectivity index (χ0n) is 13.5. The van der Waals surface area contributed by atoms with E-state index in [1.807, 2.05) is 12.1 Å². The van der Waals surface area contributed by atoms with Gasteiger partial charge in [0, 0.05) is 11.6 Å². The maximum Gasteiger partial charge on any atom is 0.241 e. The molecule has 4 nitrogen and oxygen atoms in total. The Balaban J connectivity index is 1.69. The first-order valence-electron chi connectivity index (χ1n) is 8.06. The van der Waals surface area contributed by atoms with E-state index in [9.17, 15) is 4.79 Å². The number of nitriles is 1. The second kappa shape index (κ2) is 7.88. The molecule has 1 aliphatic rings. The van der Waals surface area contributed by atoms with E-state index in [-0.39, 0.29) is 11.9 Å². The van der Waals surface area contributed by atoms with Crippen molar-refractivity contribution < 1.29 is 4.79 Å². The molecule has 1 atom stereocenters. The van der Waals surface area contributed by atoms with Gasteiger partial charge in [-0.15, -0.1) is 0 Å². The Morgan fingerprint density at radius 1 is 1.24 bits per heavy atom. The molecule has 25 heavy (non-hydrogen) atoms. The van der Waals surface area contributed by atoms with Crippen molar-refractivity contribution in [1.29, 1.82) is 5.26 Å². The summed E-state index contributed by atoms with van der Waals surface area (Å²) >= 11 is 12.1. The van der Waals surface area contributed by atoms with Gasteiger partial charge in [0.1, 0.15) is 0 Å². The molecule has 1 aliphatic heterocycles. The molecule has 1 N–H and O–H groups in total. The summed E-state index contributed by atoms with van der Waals surface area (Å²) in [4.78, 5) is 14.8. The second-order valence-electron chi connectivity index (χ2n) is 6.05. The van der Waals surface area contributed by atoms with Gasteiger partial charge in [0.2, 0.25) is 5.91 Å². The third-order valence-electron chi connectivity index (χ3n) is 4.32. The Hall–Kier alpha value is -2.06. The summed E-state index contributed by atoms with van der Waals surface area (Å²) in [6, 6.07) is 14.4. The lowest BCUT2D eigenvalue weighted by Gasteiger charge is -2.24. The molecule has 1 fully saturated rings. The second-order valence-corrected chi connectivity index (χ2v) is 6.89. The zero-order valence-corrected chi connectivity index (χ0v) is 15.0. The predicted molar refractivity (Wildman–Crippen MR) is 99.7 cm³/mol. The van der Waals surface area contributed by atoms with Gasteiger partial charge in [-0.3, -0.25) is 9.69 Å². The van der Waals surface area contributed by atoms with Crippen LogP contribution in [0.2, 0.25) is 10.0 Å². The molecule has 1 amide bonds. The van der Waals surface area contributed by atoms with Gasteiger partial charge in [0.15, 0.2) is 0 Å². The number of nitrogens with zero attached hydrogens (tertiary/aromatic N) is 2. The fourth-order valence-electron chi connectivity index (χ4n) is 3.04. The van der Waals surface area contributed by atoms with E-state index in [0.717, 1.165) is 24.9 Å². The summed E-state index contributed by atoms with van der Waals surface area (Å²) in [5.41, 5.74) is 2.25. The quantitative estimate of drug-likeness (QED) is 0.859.